The molecule has 1 aromatic rings. The van der Waals surface area contributed by atoms with E-state index in [4.69, 9.17) is 11.6 Å². The van der Waals surface area contributed by atoms with Gasteiger partial charge in [0.05, 0.1) is 17.1 Å². The Morgan fingerprint density at radius 2 is 2.25 bits per heavy atom. The van der Waals surface area contributed by atoms with Crippen LogP contribution >= 0.6 is 23.4 Å². The predicted molar refractivity (Wildman–Crippen MR) is 79.2 cm³/mol. The summed E-state index contributed by atoms with van der Waals surface area (Å²) in [4.78, 5) is 15.8. The van der Waals surface area contributed by atoms with Crippen molar-refractivity contribution in [2.24, 2.45) is 0 Å². The van der Waals surface area contributed by atoms with Crippen LogP contribution in [0, 0.1) is 10.1 Å². The van der Waals surface area contributed by atoms with Gasteiger partial charge in [0.2, 0.25) is 0 Å². The first-order chi connectivity index (χ1) is 9.29. The zero-order valence-electron chi connectivity index (χ0n) is 10.5. The van der Waals surface area contributed by atoms with Gasteiger partial charge < -0.3 is 4.90 Å². The topological polar surface area (TPSA) is 93.4 Å². The summed E-state index contributed by atoms with van der Waals surface area (Å²) in [5, 5.41) is 10.1. The second kappa shape index (κ2) is 5.74. The van der Waals surface area contributed by atoms with E-state index in [2.05, 4.69) is 4.98 Å². The second-order valence-corrected chi connectivity index (χ2v) is 8.06. The van der Waals surface area contributed by atoms with Gasteiger partial charge >= 0.3 is 0 Å². The fourth-order valence-electron chi connectivity index (χ4n) is 1.92. The van der Waals surface area contributed by atoms with Gasteiger partial charge in [-0.25, -0.2) is 13.4 Å². The molecule has 0 spiro atoms. The Balaban J connectivity index is 2.45. The number of hydrogen-bond donors (Lipinski definition) is 0. The van der Waals surface area contributed by atoms with Gasteiger partial charge in [-0.15, -0.1) is 0 Å². The molecule has 1 aliphatic heterocycles. The number of rotatable bonds is 3. The SMILES string of the molecule is CS(=O)(=O)C1CSCCN1c1cc([N+](=O)[O-])cc(Cl)n1. The molecule has 7 nitrogen and oxygen atoms in total. The van der Waals surface area contributed by atoms with Crippen molar-refractivity contribution in [1.29, 1.82) is 0 Å². The fourth-order valence-corrected chi connectivity index (χ4v) is 4.95. The molecule has 0 amide bonds. The zero-order valence-corrected chi connectivity index (χ0v) is 12.9. The van der Waals surface area contributed by atoms with Crippen molar-refractivity contribution in [2.75, 3.05) is 29.2 Å². The van der Waals surface area contributed by atoms with E-state index in [1.807, 2.05) is 0 Å². The van der Waals surface area contributed by atoms with Crippen LogP contribution in [-0.4, -0.2) is 48.0 Å². The Morgan fingerprint density at radius 3 is 2.85 bits per heavy atom. The van der Waals surface area contributed by atoms with E-state index in [1.54, 1.807) is 4.90 Å². The summed E-state index contributed by atoms with van der Waals surface area (Å²) in [5.41, 5.74) is -0.203. The maximum Gasteiger partial charge on any atom is 0.276 e. The highest BCUT2D eigenvalue weighted by atomic mass is 35.5. The van der Waals surface area contributed by atoms with Crippen molar-refractivity contribution >= 4 is 44.7 Å². The molecule has 1 atom stereocenters. The molecule has 0 aromatic carbocycles. The van der Waals surface area contributed by atoms with Crippen LogP contribution in [0.4, 0.5) is 11.5 Å². The highest BCUT2D eigenvalue weighted by Gasteiger charge is 2.32. The predicted octanol–water partition coefficient (Wildman–Crippen LogP) is 1.57. The van der Waals surface area contributed by atoms with E-state index < -0.39 is 20.1 Å². The van der Waals surface area contributed by atoms with Crippen molar-refractivity contribution < 1.29 is 13.3 Å². The largest absolute Gasteiger partial charge is 0.338 e. The summed E-state index contributed by atoms with van der Waals surface area (Å²) in [7, 11) is -3.32. The number of nitro groups is 1. The first-order valence-electron chi connectivity index (χ1n) is 5.64. The van der Waals surface area contributed by atoms with Crippen LogP contribution in [0.25, 0.3) is 0 Å². The lowest BCUT2D eigenvalue weighted by molar-refractivity contribution is -0.384. The van der Waals surface area contributed by atoms with Crippen LogP contribution in [0.1, 0.15) is 0 Å². The highest BCUT2D eigenvalue weighted by molar-refractivity contribution is 8.01. The molecule has 1 aliphatic rings. The van der Waals surface area contributed by atoms with E-state index in [-0.39, 0.29) is 16.7 Å². The van der Waals surface area contributed by atoms with Gasteiger partial charge in [-0.1, -0.05) is 11.6 Å². The lowest BCUT2D eigenvalue weighted by Gasteiger charge is -2.34. The third kappa shape index (κ3) is 3.33. The highest BCUT2D eigenvalue weighted by Crippen LogP contribution is 2.29. The number of sulfone groups is 1. The van der Waals surface area contributed by atoms with E-state index >= 15 is 0 Å². The average molecular weight is 338 g/mol. The third-order valence-electron chi connectivity index (χ3n) is 2.85. The van der Waals surface area contributed by atoms with Gasteiger partial charge in [-0.2, -0.15) is 11.8 Å². The number of anilines is 1. The Hall–Kier alpha value is -1.06. The number of aromatic nitrogens is 1. The summed E-state index contributed by atoms with van der Waals surface area (Å²) in [6.45, 7) is 0.451. The van der Waals surface area contributed by atoms with Gasteiger partial charge in [-0.05, 0) is 0 Å². The standard InChI is InChI=1S/C10H12ClN3O4S2/c1-20(17,18)10-6-19-3-2-13(10)9-5-7(14(15)16)4-8(11)12-9/h4-5,10H,2-3,6H2,1H3. The van der Waals surface area contributed by atoms with Gasteiger partial charge in [0, 0.05) is 24.3 Å². The third-order valence-corrected chi connectivity index (χ3v) is 5.69. The average Bonchev–Trinajstić information content (AvgIpc) is 2.37. The fraction of sp³-hybridized carbons (Fsp3) is 0.500. The lowest BCUT2D eigenvalue weighted by Crippen LogP contribution is -2.47. The summed E-state index contributed by atoms with van der Waals surface area (Å²) < 4.78 is 23.6. The minimum atomic E-state index is -3.32. The van der Waals surface area contributed by atoms with Gasteiger partial charge in [0.25, 0.3) is 5.69 Å². The Kier molecular flexibility index (Phi) is 4.40. The molecule has 2 rings (SSSR count). The maximum absolute atomic E-state index is 11.8. The van der Waals surface area contributed by atoms with Crippen LogP contribution in [0.15, 0.2) is 12.1 Å². The number of hydrogen-bond acceptors (Lipinski definition) is 7. The quantitative estimate of drug-likeness (QED) is 0.469. The number of pyridine rings is 1. The minimum absolute atomic E-state index is 0.0281. The molecule has 0 bridgehead atoms. The maximum atomic E-state index is 11.8. The monoisotopic (exact) mass is 337 g/mol. The van der Waals surface area contributed by atoms with E-state index in [0.717, 1.165) is 18.1 Å². The van der Waals surface area contributed by atoms with Crippen LogP contribution in [0.5, 0.6) is 0 Å². The number of nitrogens with zero attached hydrogens (tertiary/aromatic N) is 3. The molecule has 2 heterocycles. The number of thioether (sulfide) groups is 1. The van der Waals surface area contributed by atoms with Crippen molar-refractivity contribution in [2.45, 2.75) is 5.37 Å². The molecule has 0 saturated carbocycles. The Morgan fingerprint density at radius 1 is 1.55 bits per heavy atom. The lowest BCUT2D eigenvalue weighted by atomic mass is 10.3. The van der Waals surface area contributed by atoms with E-state index in [9.17, 15) is 18.5 Å². The van der Waals surface area contributed by atoms with Gasteiger partial charge in [-0.3, -0.25) is 10.1 Å². The van der Waals surface area contributed by atoms with Crippen LogP contribution in [-0.2, 0) is 9.84 Å². The molecule has 1 aromatic heterocycles. The molecule has 1 saturated heterocycles. The molecule has 0 aliphatic carbocycles. The summed E-state index contributed by atoms with van der Waals surface area (Å²) in [6.07, 6.45) is 1.15. The summed E-state index contributed by atoms with van der Waals surface area (Å²) in [5.74, 6) is 1.36. The number of halogens is 1. The molecule has 0 radical (unpaired) electrons. The van der Waals surface area contributed by atoms with Gasteiger partial charge in [0.15, 0.2) is 9.84 Å². The van der Waals surface area contributed by atoms with E-state index in [0.29, 0.717) is 12.3 Å². The minimum Gasteiger partial charge on any atom is -0.338 e. The molecule has 10 heteroatoms. The normalized spacial score (nSPS) is 19.9. The molecule has 1 fully saturated rings. The van der Waals surface area contributed by atoms with Crippen molar-refractivity contribution in [1.82, 2.24) is 4.98 Å². The van der Waals surface area contributed by atoms with Crippen LogP contribution in [0.3, 0.4) is 0 Å². The molecule has 110 valence electrons. The van der Waals surface area contributed by atoms with Crippen molar-refractivity contribution in [3.63, 3.8) is 0 Å². The first-order valence-corrected chi connectivity index (χ1v) is 9.13. The van der Waals surface area contributed by atoms with Crippen molar-refractivity contribution in [3.05, 3.63) is 27.4 Å². The van der Waals surface area contributed by atoms with E-state index in [1.165, 1.54) is 17.8 Å². The molecule has 1 unspecified atom stereocenters. The van der Waals surface area contributed by atoms with Crippen LogP contribution in [0.2, 0.25) is 5.15 Å². The molecule has 0 N–H and O–H groups in total. The van der Waals surface area contributed by atoms with Crippen LogP contribution < -0.4 is 4.90 Å². The van der Waals surface area contributed by atoms with Crippen molar-refractivity contribution in [3.8, 4) is 0 Å². The molecule has 20 heavy (non-hydrogen) atoms. The zero-order chi connectivity index (χ0) is 14.9. The molecular weight excluding hydrogens is 326 g/mol. The Labute approximate surface area is 125 Å². The first kappa shape index (κ1) is 15.3. The van der Waals surface area contributed by atoms with Gasteiger partial charge in [0.1, 0.15) is 16.3 Å². The smallest absolute Gasteiger partial charge is 0.276 e. The summed E-state index contributed by atoms with van der Waals surface area (Å²) >= 11 is 7.31. The summed E-state index contributed by atoms with van der Waals surface area (Å²) in [6, 6.07) is 2.39. The Bertz CT molecular complexity index is 637. The molecular formula is C10H12ClN3O4S2. The second-order valence-electron chi connectivity index (χ2n) is 4.32.